The molecule has 5 heteroatoms. The van der Waals surface area contributed by atoms with E-state index in [4.69, 9.17) is 14.2 Å². The number of ether oxygens (including phenoxy) is 3. The lowest BCUT2D eigenvalue weighted by Crippen LogP contribution is -2.50. The van der Waals surface area contributed by atoms with Crippen molar-refractivity contribution in [3.05, 3.63) is 35.9 Å². The van der Waals surface area contributed by atoms with E-state index in [1.165, 1.54) is 0 Å². The second kappa shape index (κ2) is 7.75. The Kier molecular flexibility index (Phi) is 5.64. The molecule has 1 aliphatic heterocycles. The Morgan fingerprint density at radius 3 is 2.40 bits per heavy atom. The van der Waals surface area contributed by atoms with E-state index in [2.05, 4.69) is 19.2 Å². The number of benzene rings is 1. The minimum atomic E-state index is -0.369. The zero-order valence-electron chi connectivity index (χ0n) is 15.3. The highest BCUT2D eigenvalue weighted by atomic mass is 16.7. The third-order valence-corrected chi connectivity index (χ3v) is 5.72. The molecule has 1 saturated carbocycles. The molecule has 2 aliphatic rings. The summed E-state index contributed by atoms with van der Waals surface area (Å²) in [4.78, 5) is 12.2. The van der Waals surface area contributed by atoms with E-state index < -0.39 is 0 Å². The van der Waals surface area contributed by atoms with Gasteiger partial charge in [0.2, 0.25) is 0 Å². The Labute approximate surface area is 150 Å². The van der Waals surface area contributed by atoms with Crippen LogP contribution in [0.5, 0.6) is 0 Å². The first-order valence-electron chi connectivity index (χ1n) is 9.30. The zero-order valence-corrected chi connectivity index (χ0v) is 15.3. The van der Waals surface area contributed by atoms with Crippen molar-refractivity contribution in [2.24, 2.45) is 5.41 Å². The highest BCUT2D eigenvalue weighted by molar-refractivity contribution is 5.67. The van der Waals surface area contributed by atoms with Gasteiger partial charge in [0.1, 0.15) is 6.61 Å². The Morgan fingerprint density at radius 1 is 1.16 bits per heavy atom. The highest BCUT2D eigenvalue weighted by Crippen LogP contribution is 2.46. The van der Waals surface area contributed by atoms with Crippen molar-refractivity contribution in [1.82, 2.24) is 5.32 Å². The molecule has 2 fully saturated rings. The average molecular weight is 347 g/mol. The molecule has 25 heavy (non-hydrogen) atoms. The van der Waals surface area contributed by atoms with Crippen molar-refractivity contribution >= 4 is 6.09 Å². The van der Waals surface area contributed by atoms with Gasteiger partial charge in [-0.05, 0) is 30.2 Å². The second-order valence-corrected chi connectivity index (χ2v) is 7.43. The molecule has 5 nitrogen and oxygen atoms in total. The maximum Gasteiger partial charge on any atom is 0.407 e. The smallest absolute Gasteiger partial charge is 0.407 e. The average Bonchev–Trinajstić information content (AvgIpc) is 3.10. The van der Waals surface area contributed by atoms with E-state index in [0.717, 1.165) is 37.7 Å². The van der Waals surface area contributed by atoms with Gasteiger partial charge in [-0.2, -0.15) is 0 Å². The third-order valence-electron chi connectivity index (χ3n) is 5.72. The molecule has 0 radical (unpaired) electrons. The SMILES string of the molecule is CCC(NC(=O)OCc1ccccc1)C1(C)CCC2(CC1)OCCO2. The van der Waals surface area contributed by atoms with Crippen LogP contribution in [0.2, 0.25) is 0 Å². The molecule has 0 aromatic heterocycles. The van der Waals surface area contributed by atoms with Gasteiger partial charge in [-0.3, -0.25) is 0 Å². The van der Waals surface area contributed by atoms with Crippen molar-refractivity contribution < 1.29 is 19.0 Å². The maximum absolute atomic E-state index is 12.2. The molecule has 1 amide bonds. The van der Waals surface area contributed by atoms with Crippen molar-refractivity contribution in [3.63, 3.8) is 0 Å². The van der Waals surface area contributed by atoms with Gasteiger partial charge in [0.25, 0.3) is 0 Å². The first-order valence-corrected chi connectivity index (χ1v) is 9.30. The first-order chi connectivity index (χ1) is 12.1. The molecule has 1 aliphatic carbocycles. The number of carbonyl (C=O) groups excluding carboxylic acids is 1. The highest BCUT2D eigenvalue weighted by Gasteiger charge is 2.47. The molecule has 138 valence electrons. The lowest BCUT2D eigenvalue weighted by molar-refractivity contribution is -0.192. The molecule has 1 heterocycles. The van der Waals surface area contributed by atoms with Gasteiger partial charge < -0.3 is 19.5 Å². The Balaban J connectivity index is 1.52. The summed E-state index contributed by atoms with van der Waals surface area (Å²) in [5.74, 6) is -0.369. The van der Waals surface area contributed by atoms with Crippen LogP contribution in [0.25, 0.3) is 0 Å². The first kappa shape index (κ1) is 18.2. The largest absolute Gasteiger partial charge is 0.445 e. The molecule has 3 rings (SSSR count). The van der Waals surface area contributed by atoms with Gasteiger partial charge in [-0.25, -0.2) is 4.79 Å². The summed E-state index contributed by atoms with van der Waals surface area (Å²) in [5, 5.41) is 3.08. The molecule has 1 unspecified atom stereocenters. The van der Waals surface area contributed by atoms with Crippen LogP contribution in [0.15, 0.2) is 30.3 Å². The lowest BCUT2D eigenvalue weighted by atomic mass is 9.68. The second-order valence-electron chi connectivity index (χ2n) is 7.43. The van der Waals surface area contributed by atoms with Gasteiger partial charge in [-0.1, -0.05) is 44.2 Å². The summed E-state index contributed by atoms with van der Waals surface area (Å²) in [6.45, 7) is 6.04. The molecular weight excluding hydrogens is 318 g/mol. The minimum Gasteiger partial charge on any atom is -0.445 e. The van der Waals surface area contributed by atoms with E-state index >= 15 is 0 Å². The number of nitrogens with one attached hydrogen (secondary N) is 1. The summed E-state index contributed by atoms with van der Waals surface area (Å²) in [6, 6.07) is 9.83. The Morgan fingerprint density at radius 2 is 1.80 bits per heavy atom. The van der Waals surface area contributed by atoms with Crippen molar-refractivity contribution in [2.75, 3.05) is 13.2 Å². The summed E-state index contributed by atoms with van der Waals surface area (Å²) < 4.78 is 17.0. The minimum absolute atomic E-state index is 0.0427. The fourth-order valence-corrected chi connectivity index (χ4v) is 4.01. The van der Waals surface area contributed by atoms with Crippen LogP contribution in [0, 0.1) is 5.41 Å². The molecular formula is C20H29NO4. The number of carbonyl (C=O) groups is 1. The van der Waals surface area contributed by atoms with Gasteiger partial charge in [-0.15, -0.1) is 0 Å². The van der Waals surface area contributed by atoms with Gasteiger partial charge in [0.05, 0.1) is 13.2 Å². The summed E-state index contributed by atoms with van der Waals surface area (Å²) in [6.07, 6.45) is 4.27. The number of amides is 1. The van der Waals surface area contributed by atoms with Gasteiger partial charge in [0, 0.05) is 18.9 Å². The van der Waals surface area contributed by atoms with Crippen LogP contribution in [-0.4, -0.2) is 31.1 Å². The monoisotopic (exact) mass is 347 g/mol. The van der Waals surface area contributed by atoms with Crippen molar-refractivity contribution in [1.29, 1.82) is 0 Å². The predicted octanol–water partition coefficient (Wildman–Crippen LogP) is 4.01. The van der Waals surface area contributed by atoms with Gasteiger partial charge >= 0.3 is 6.09 Å². The zero-order chi connectivity index (χ0) is 17.8. The summed E-state index contributed by atoms with van der Waals surface area (Å²) in [5.41, 5.74) is 1.04. The van der Waals surface area contributed by atoms with Crippen molar-refractivity contribution in [2.45, 2.75) is 64.4 Å². The van der Waals surface area contributed by atoms with Crippen LogP contribution < -0.4 is 5.32 Å². The quantitative estimate of drug-likeness (QED) is 0.874. The van der Waals surface area contributed by atoms with Crippen molar-refractivity contribution in [3.8, 4) is 0 Å². The lowest BCUT2D eigenvalue weighted by Gasteiger charge is -2.45. The van der Waals surface area contributed by atoms with E-state index in [1.807, 2.05) is 30.3 Å². The van der Waals surface area contributed by atoms with Crippen LogP contribution >= 0.6 is 0 Å². The van der Waals surface area contributed by atoms with E-state index in [0.29, 0.717) is 19.8 Å². The standard InChI is InChI=1S/C20H29NO4/c1-3-17(21-18(22)23-15-16-7-5-4-6-8-16)19(2)9-11-20(12-10-19)24-13-14-25-20/h4-8,17H,3,9-15H2,1-2H3,(H,21,22). The van der Waals surface area contributed by atoms with Gasteiger partial charge in [0.15, 0.2) is 5.79 Å². The van der Waals surface area contributed by atoms with Crippen LogP contribution in [0.3, 0.4) is 0 Å². The molecule has 1 atom stereocenters. The molecule has 0 bridgehead atoms. The van der Waals surface area contributed by atoms with E-state index in [1.54, 1.807) is 0 Å². The Bertz CT molecular complexity index is 558. The summed E-state index contributed by atoms with van der Waals surface area (Å²) in [7, 11) is 0. The topological polar surface area (TPSA) is 56.8 Å². The van der Waals surface area contributed by atoms with Crippen LogP contribution in [0.1, 0.15) is 51.5 Å². The molecule has 1 N–H and O–H groups in total. The number of rotatable bonds is 5. The fourth-order valence-electron chi connectivity index (χ4n) is 4.01. The number of hydrogen-bond acceptors (Lipinski definition) is 4. The van der Waals surface area contributed by atoms with Crippen LogP contribution in [-0.2, 0) is 20.8 Å². The van der Waals surface area contributed by atoms with Crippen LogP contribution in [0.4, 0.5) is 4.79 Å². The third kappa shape index (κ3) is 4.33. The van der Waals surface area contributed by atoms with E-state index in [9.17, 15) is 4.79 Å². The number of alkyl carbamates (subject to hydrolysis) is 1. The molecule has 1 aromatic carbocycles. The molecule has 1 saturated heterocycles. The predicted molar refractivity (Wildman–Crippen MR) is 95.1 cm³/mol. The Hall–Kier alpha value is -1.59. The normalized spacial score (nSPS) is 22.5. The number of hydrogen-bond donors (Lipinski definition) is 1. The molecule has 1 spiro atoms. The molecule has 1 aromatic rings. The maximum atomic E-state index is 12.2. The fraction of sp³-hybridized carbons (Fsp3) is 0.650. The van der Waals surface area contributed by atoms with E-state index in [-0.39, 0.29) is 23.3 Å². The summed E-state index contributed by atoms with van der Waals surface area (Å²) >= 11 is 0.